The van der Waals surface area contributed by atoms with Crippen molar-refractivity contribution in [1.29, 1.82) is 0 Å². The van der Waals surface area contributed by atoms with Crippen molar-refractivity contribution in [2.45, 2.75) is 75.5 Å². The molecule has 154 valence electrons. The molecule has 5 heteroatoms. The average Bonchev–Trinajstić information content (AvgIpc) is 2.94. The topological polar surface area (TPSA) is 78.6 Å². The first-order valence-electron chi connectivity index (χ1n) is 11.1. The molecule has 1 aromatic carbocycles. The predicted octanol–water partition coefficient (Wildman–Crippen LogP) is 2.64. The van der Waals surface area contributed by atoms with Gasteiger partial charge in [-0.2, -0.15) is 0 Å². The van der Waals surface area contributed by atoms with Crippen LogP contribution in [0.5, 0.6) is 0 Å². The number of amides is 1. The minimum atomic E-state index is -0.333. The minimum absolute atomic E-state index is 0.0585. The summed E-state index contributed by atoms with van der Waals surface area (Å²) >= 11 is 0. The molecule has 2 heterocycles. The third kappa shape index (κ3) is 4.58. The largest absolute Gasteiger partial charge is 0.393 e. The van der Waals surface area contributed by atoms with E-state index in [1.165, 1.54) is 31.2 Å². The van der Waals surface area contributed by atoms with Gasteiger partial charge in [-0.25, -0.2) is 0 Å². The molecule has 4 N–H and O–H groups in total. The standard InChI is InChI=1S/C23H35N3O2/c24-23(28)18-3-1-2-17(12-18)19-13-20-6-7-21(14-19)26(20)11-10-25-15-16-4-8-22(27)9-5-16/h1-3,12,16,19-22,25,27H,4-11,13-15H2,(H2,24,28). The Hall–Kier alpha value is -1.43. The number of aliphatic hydroxyl groups excluding tert-OH is 1. The maximum atomic E-state index is 11.5. The number of hydrogen-bond acceptors (Lipinski definition) is 4. The van der Waals surface area contributed by atoms with Crippen molar-refractivity contribution in [3.05, 3.63) is 35.4 Å². The highest BCUT2D eigenvalue weighted by atomic mass is 16.3. The Morgan fingerprint density at radius 3 is 2.50 bits per heavy atom. The van der Waals surface area contributed by atoms with Gasteiger partial charge >= 0.3 is 0 Å². The molecule has 2 saturated heterocycles. The Kier molecular flexibility index (Phi) is 6.34. The number of carbonyl (C=O) groups is 1. The van der Waals surface area contributed by atoms with Crippen molar-refractivity contribution in [2.24, 2.45) is 11.7 Å². The maximum absolute atomic E-state index is 11.5. The van der Waals surface area contributed by atoms with E-state index in [0.717, 1.165) is 51.2 Å². The van der Waals surface area contributed by atoms with Crippen molar-refractivity contribution in [1.82, 2.24) is 10.2 Å². The summed E-state index contributed by atoms with van der Waals surface area (Å²) in [4.78, 5) is 14.2. The van der Waals surface area contributed by atoms with Gasteiger partial charge < -0.3 is 16.2 Å². The molecule has 3 aliphatic rings. The zero-order valence-corrected chi connectivity index (χ0v) is 16.9. The highest BCUT2D eigenvalue weighted by Gasteiger charge is 2.40. The zero-order chi connectivity index (χ0) is 19.5. The van der Waals surface area contributed by atoms with E-state index in [-0.39, 0.29) is 12.0 Å². The van der Waals surface area contributed by atoms with Crippen molar-refractivity contribution in [2.75, 3.05) is 19.6 Å². The van der Waals surface area contributed by atoms with E-state index in [1.54, 1.807) is 0 Å². The molecule has 1 saturated carbocycles. The van der Waals surface area contributed by atoms with E-state index in [2.05, 4.69) is 16.3 Å². The van der Waals surface area contributed by atoms with Crippen LogP contribution in [-0.2, 0) is 0 Å². The van der Waals surface area contributed by atoms with Crippen molar-refractivity contribution < 1.29 is 9.90 Å². The molecule has 1 aromatic rings. The Morgan fingerprint density at radius 1 is 1.11 bits per heavy atom. The summed E-state index contributed by atoms with van der Waals surface area (Å²) in [5.41, 5.74) is 7.38. The first-order valence-corrected chi connectivity index (χ1v) is 11.1. The molecule has 2 aliphatic heterocycles. The smallest absolute Gasteiger partial charge is 0.248 e. The minimum Gasteiger partial charge on any atom is -0.393 e. The molecular weight excluding hydrogens is 350 g/mol. The van der Waals surface area contributed by atoms with Crippen LogP contribution in [0.15, 0.2) is 24.3 Å². The monoisotopic (exact) mass is 385 g/mol. The third-order valence-electron chi connectivity index (χ3n) is 7.32. The number of rotatable bonds is 7. The number of benzene rings is 1. The number of nitrogens with two attached hydrogens (primary N) is 1. The van der Waals surface area contributed by atoms with E-state index in [9.17, 15) is 9.90 Å². The lowest BCUT2D eigenvalue weighted by molar-refractivity contribution is 0.0999. The van der Waals surface area contributed by atoms with Gasteiger partial charge in [-0.15, -0.1) is 0 Å². The van der Waals surface area contributed by atoms with Crippen LogP contribution in [-0.4, -0.2) is 53.7 Å². The molecule has 1 amide bonds. The molecule has 0 aromatic heterocycles. The second-order valence-corrected chi connectivity index (χ2v) is 9.16. The van der Waals surface area contributed by atoms with Gasteiger partial charge in [0, 0.05) is 30.7 Å². The summed E-state index contributed by atoms with van der Waals surface area (Å²) in [6.45, 7) is 3.30. The number of aliphatic hydroxyl groups is 1. The fourth-order valence-electron chi connectivity index (χ4n) is 5.72. The molecule has 2 unspecified atom stereocenters. The van der Waals surface area contributed by atoms with Crippen LogP contribution in [0.25, 0.3) is 0 Å². The summed E-state index contributed by atoms with van der Waals surface area (Å²) in [7, 11) is 0. The first-order chi connectivity index (χ1) is 13.6. The molecule has 0 radical (unpaired) electrons. The third-order valence-corrected chi connectivity index (χ3v) is 7.32. The molecular formula is C23H35N3O2. The Morgan fingerprint density at radius 2 is 1.82 bits per heavy atom. The van der Waals surface area contributed by atoms with Crippen LogP contribution in [0.3, 0.4) is 0 Å². The van der Waals surface area contributed by atoms with Crippen LogP contribution in [0.1, 0.15) is 73.2 Å². The molecule has 1 aliphatic carbocycles. The number of nitrogens with one attached hydrogen (secondary N) is 1. The van der Waals surface area contributed by atoms with Crippen LogP contribution < -0.4 is 11.1 Å². The predicted molar refractivity (Wildman–Crippen MR) is 111 cm³/mol. The fourth-order valence-corrected chi connectivity index (χ4v) is 5.72. The maximum Gasteiger partial charge on any atom is 0.248 e. The van der Waals surface area contributed by atoms with E-state index in [1.807, 2.05) is 18.2 Å². The molecule has 5 nitrogen and oxygen atoms in total. The molecule has 28 heavy (non-hydrogen) atoms. The van der Waals surface area contributed by atoms with Crippen LogP contribution >= 0.6 is 0 Å². The van der Waals surface area contributed by atoms with Gasteiger partial charge in [-0.1, -0.05) is 12.1 Å². The second-order valence-electron chi connectivity index (χ2n) is 9.16. The second kappa shape index (κ2) is 8.93. The van der Waals surface area contributed by atoms with Crippen LogP contribution in [0.4, 0.5) is 0 Å². The number of carbonyl (C=O) groups excluding carboxylic acids is 1. The molecule has 3 fully saturated rings. The summed E-state index contributed by atoms with van der Waals surface area (Å²) in [6.07, 6.45) is 9.20. The number of fused-ring (bicyclic) bond motifs is 2. The van der Waals surface area contributed by atoms with E-state index in [0.29, 0.717) is 23.6 Å². The highest BCUT2D eigenvalue weighted by molar-refractivity contribution is 5.92. The van der Waals surface area contributed by atoms with E-state index >= 15 is 0 Å². The number of piperidine rings is 1. The fraction of sp³-hybridized carbons (Fsp3) is 0.696. The van der Waals surface area contributed by atoms with Crippen LogP contribution in [0.2, 0.25) is 0 Å². The molecule has 2 bridgehead atoms. The van der Waals surface area contributed by atoms with Gasteiger partial charge in [0.2, 0.25) is 5.91 Å². The van der Waals surface area contributed by atoms with E-state index < -0.39 is 0 Å². The van der Waals surface area contributed by atoms with Crippen molar-refractivity contribution in [3.63, 3.8) is 0 Å². The first kappa shape index (κ1) is 19.9. The highest BCUT2D eigenvalue weighted by Crippen LogP contribution is 2.42. The van der Waals surface area contributed by atoms with Crippen molar-refractivity contribution in [3.8, 4) is 0 Å². The SMILES string of the molecule is NC(=O)c1cccc(C2CC3CCC(C2)N3CCNCC2CCC(O)CC2)c1. The van der Waals surface area contributed by atoms with Crippen molar-refractivity contribution >= 4 is 5.91 Å². The lowest BCUT2D eigenvalue weighted by Gasteiger charge is -2.39. The summed E-state index contributed by atoms with van der Waals surface area (Å²) in [6, 6.07) is 9.30. The average molecular weight is 386 g/mol. The lowest BCUT2D eigenvalue weighted by Crippen LogP contribution is -2.45. The molecule has 0 spiro atoms. The van der Waals surface area contributed by atoms with Gasteiger partial charge in [0.05, 0.1) is 6.10 Å². The van der Waals surface area contributed by atoms with E-state index in [4.69, 9.17) is 5.73 Å². The van der Waals surface area contributed by atoms with Crippen LogP contribution in [0, 0.1) is 5.92 Å². The number of hydrogen-bond donors (Lipinski definition) is 3. The normalized spacial score (nSPS) is 33.1. The summed E-state index contributed by atoms with van der Waals surface area (Å²) < 4.78 is 0. The van der Waals surface area contributed by atoms with Gasteiger partial charge in [0.1, 0.15) is 0 Å². The van der Waals surface area contributed by atoms with Gasteiger partial charge in [-0.3, -0.25) is 9.69 Å². The van der Waals surface area contributed by atoms with Gasteiger partial charge in [0.25, 0.3) is 0 Å². The number of primary amides is 1. The van der Waals surface area contributed by atoms with Gasteiger partial charge in [-0.05, 0) is 87.4 Å². The molecule has 2 atom stereocenters. The lowest BCUT2D eigenvalue weighted by atomic mass is 9.84. The summed E-state index contributed by atoms with van der Waals surface area (Å²) in [5.74, 6) is 0.957. The zero-order valence-electron chi connectivity index (χ0n) is 16.9. The Labute approximate surface area is 168 Å². The molecule has 4 rings (SSSR count). The Balaban J connectivity index is 1.25. The number of nitrogens with zero attached hydrogens (tertiary/aromatic N) is 1. The summed E-state index contributed by atoms with van der Waals surface area (Å²) in [5, 5.41) is 13.3. The van der Waals surface area contributed by atoms with Gasteiger partial charge in [0.15, 0.2) is 0 Å². The Bertz CT molecular complexity index is 658. The quantitative estimate of drug-likeness (QED) is 0.631.